The molecule has 0 saturated heterocycles. The van der Waals surface area contributed by atoms with Gasteiger partial charge in [-0.1, -0.05) is 18.2 Å². The number of aryl methyl sites for hydroxylation is 1. The fraction of sp³-hybridized carbons (Fsp3) is 0.273. The minimum absolute atomic E-state index is 0.188. The molecule has 2 rings (SSSR count). The topological polar surface area (TPSA) is 39.2 Å². The summed E-state index contributed by atoms with van der Waals surface area (Å²) >= 11 is 1.47. The van der Waals surface area contributed by atoms with Crippen LogP contribution in [0.4, 0.5) is 0 Å². The van der Waals surface area contributed by atoms with E-state index in [1.165, 1.54) is 18.6 Å². The SMILES string of the molecule is COC(=O)CCc1nsc2ccccc12. The van der Waals surface area contributed by atoms with Crippen molar-refractivity contribution in [2.75, 3.05) is 7.11 Å². The number of benzene rings is 1. The fourth-order valence-corrected chi connectivity index (χ4v) is 2.26. The van der Waals surface area contributed by atoms with E-state index in [-0.39, 0.29) is 5.97 Å². The maximum absolute atomic E-state index is 11.0. The highest BCUT2D eigenvalue weighted by Gasteiger charge is 2.07. The van der Waals surface area contributed by atoms with Crippen LogP contribution >= 0.6 is 11.5 Å². The standard InChI is InChI=1S/C11H11NO2S/c1-14-11(13)7-6-9-8-4-2-3-5-10(8)15-12-9/h2-5H,6-7H2,1H3. The number of rotatable bonds is 3. The van der Waals surface area contributed by atoms with Gasteiger partial charge in [0.2, 0.25) is 0 Å². The molecule has 3 nitrogen and oxygen atoms in total. The number of aromatic nitrogens is 1. The van der Waals surface area contributed by atoms with Gasteiger partial charge in [-0.05, 0) is 17.6 Å². The lowest BCUT2D eigenvalue weighted by Gasteiger charge is -1.97. The van der Waals surface area contributed by atoms with Crippen molar-refractivity contribution in [3.63, 3.8) is 0 Å². The van der Waals surface area contributed by atoms with Gasteiger partial charge in [-0.2, -0.15) is 4.37 Å². The van der Waals surface area contributed by atoms with Gasteiger partial charge in [0, 0.05) is 11.8 Å². The molecule has 0 bridgehead atoms. The number of hydrogen-bond acceptors (Lipinski definition) is 4. The number of esters is 1. The summed E-state index contributed by atoms with van der Waals surface area (Å²) in [5.41, 5.74) is 0.987. The van der Waals surface area contributed by atoms with E-state index in [0.29, 0.717) is 12.8 Å². The van der Waals surface area contributed by atoms with E-state index in [1.54, 1.807) is 0 Å². The molecule has 0 atom stereocenters. The van der Waals surface area contributed by atoms with E-state index in [4.69, 9.17) is 0 Å². The lowest BCUT2D eigenvalue weighted by molar-refractivity contribution is -0.140. The molecule has 0 unspecified atom stereocenters. The largest absolute Gasteiger partial charge is 0.469 e. The van der Waals surface area contributed by atoms with Crippen LogP contribution in [0.2, 0.25) is 0 Å². The first-order chi connectivity index (χ1) is 7.31. The van der Waals surface area contributed by atoms with Crippen molar-refractivity contribution in [2.24, 2.45) is 0 Å². The Bertz CT molecular complexity index is 478. The molecule has 78 valence electrons. The van der Waals surface area contributed by atoms with Crippen LogP contribution < -0.4 is 0 Å². The number of ether oxygens (including phenoxy) is 1. The first-order valence-electron chi connectivity index (χ1n) is 4.71. The number of carbonyl (C=O) groups excluding carboxylic acids is 1. The van der Waals surface area contributed by atoms with Gasteiger partial charge in [-0.3, -0.25) is 4.79 Å². The Morgan fingerprint density at radius 1 is 1.47 bits per heavy atom. The van der Waals surface area contributed by atoms with Crippen LogP contribution in [0.3, 0.4) is 0 Å². The molecule has 0 aliphatic carbocycles. The second kappa shape index (κ2) is 4.40. The van der Waals surface area contributed by atoms with Crippen LogP contribution in [-0.4, -0.2) is 17.5 Å². The second-order valence-electron chi connectivity index (χ2n) is 3.20. The van der Waals surface area contributed by atoms with Crippen molar-refractivity contribution in [1.82, 2.24) is 4.37 Å². The summed E-state index contributed by atoms with van der Waals surface area (Å²) < 4.78 is 10.1. The molecule has 0 N–H and O–H groups in total. The van der Waals surface area contributed by atoms with Gasteiger partial charge in [-0.15, -0.1) is 0 Å². The molecule has 1 aromatic heterocycles. The second-order valence-corrected chi connectivity index (χ2v) is 4.01. The van der Waals surface area contributed by atoms with Crippen LogP contribution in [0.1, 0.15) is 12.1 Å². The molecule has 2 aromatic rings. The van der Waals surface area contributed by atoms with Gasteiger partial charge in [0.15, 0.2) is 0 Å². The number of nitrogens with zero attached hydrogens (tertiary/aromatic N) is 1. The van der Waals surface area contributed by atoms with Crippen molar-refractivity contribution in [2.45, 2.75) is 12.8 Å². The van der Waals surface area contributed by atoms with Crippen LogP contribution in [-0.2, 0) is 16.0 Å². The maximum atomic E-state index is 11.0. The summed E-state index contributed by atoms with van der Waals surface area (Å²) in [4.78, 5) is 11.0. The number of hydrogen-bond donors (Lipinski definition) is 0. The summed E-state index contributed by atoms with van der Waals surface area (Å²) in [6.07, 6.45) is 1.04. The Kier molecular flexibility index (Phi) is 2.97. The van der Waals surface area contributed by atoms with Gasteiger partial charge in [0.05, 0.1) is 23.9 Å². The Labute approximate surface area is 91.8 Å². The molecule has 0 aliphatic rings. The van der Waals surface area contributed by atoms with Crippen molar-refractivity contribution < 1.29 is 9.53 Å². The smallest absolute Gasteiger partial charge is 0.305 e. The Hall–Kier alpha value is -1.42. The number of methoxy groups -OCH3 is 1. The van der Waals surface area contributed by atoms with Gasteiger partial charge in [0.1, 0.15) is 0 Å². The van der Waals surface area contributed by atoms with Crippen LogP contribution in [0.25, 0.3) is 10.1 Å². The molecule has 0 radical (unpaired) electrons. The minimum Gasteiger partial charge on any atom is -0.469 e. The summed E-state index contributed by atoms with van der Waals surface area (Å²) in [7, 11) is 1.40. The predicted molar refractivity (Wildman–Crippen MR) is 60.0 cm³/mol. The normalized spacial score (nSPS) is 10.5. The summed E-state index contributed by atoms with van der Waals surface area (Å²) in [5, 5.41) is 1.14. The van der Waals surface area contributed by atoms with Crippen molar-refractivity contribution in [3.8, 4) is 0 Å². The molecule has 15 heavy (non-hydrogen) atoms. The zero-order chi connectivity index (χ0) is 10.7. The lowest BCUT2D eigenvalue weighted by atomic mass is 10.1. The lowest BCUT2D eigenvalue weighted by Crippen LogP contribution is -2.02. The van der Waals surface area contributed by atoms with E-state index < -0.39 is 0 Å². The molecule has 0 amide bonds. The number of fused-ring (bicyclic) bond motifs is 1. The average Bonchev–Trinajstić information content (AvgIpc) is 2.69. The fourth-order valence-electron chi connectivity index (χ4n) is 1.44. The first-order valence-corrected chi connectivity index (χ1v) is 5.48. The molecule has 0 fully saturated rings. The van der Waals surface area contributed by atoms with E-state index in [9.17, 15) is 4.79 Å². The van der Waals surface area contributed by atoms with Crippen molar-refractivity contribution in [1.29, 1.82) is 0 Å². The van der Waals surface area contributed by atoms with Gasteiger partial charge < -0.3 is 4.74 Å². The van der Waals surface area contributed by atoms with E-state index in [1.807, 2.05) is 24.3 Å². The highest BCUT2D eigenvalue weighted by molar-refractivity contribution is 7.13. The highest BCUT2D eigenvalue weighted by atomic mass is 32.1. The molecule has 0 saturated carbocycles. The Morgan fingerprint density at radius 2 is 2.27 bits per heavy atom. The molecule has 0 aliphatic heterocycles. The minimum atomic E-state index is -0.188. The molecule has 1 heterocycles. The van der Waals surface area contributed by atoms with Crippen LogP contribution in [0.5, 0.6) is 0 Å². The third-order valence-electron chi connectivity index (χ3n) is 2.25. The predicted octanol–water partition coefficient (Wildman–Crippen LogP) is 2.40. The molecular formula is C11H11NO2S. The summed E-state index contributed by atoms with van der Waals surface area (Å²) in [6, 6.07) is 8.04. The zero-order valence-electron chi connectivity index (χ0n) is 8.40. The van der Waals surface area contributed by atoms with Gasteiger partial charge in [0.25, 0.3) is 0 Å². The molecular weight excluding hydrogens is 210 g/mol. The molecule has 1 aromatic carbocycles. The molecule has 0 spiro atoms. The van der Waals surface area contributed by atoms with Crippen molar-refractivity contribution >= 4 is 27.6 Å². The van der Waals surface area contributed by atoms with E-state index >= 15 is 0 Å². The quantitative estimate of drug-likeness (QED) is 0.747. The maximum Gasteiger partial charge on any atom is 0.305 e. The van der Waals surface area contributed by atoms with Crippen LogP contribution in [0.15, 0.2) is 24.3 Å². The van der Waals surface area contributed by atoms with Gasteiger partial charge >= 0.3 is 5.97 Å². The van der Waals surface area contributed by atoms with Crippen LogP contribution in [0, 0.1) is 0 Å². The van der Waals surface area contributed by atoms with Gasteiger partial charge in [-0.25, -0.2) is 0 Å². The van der Waals surface area contributed by atoms with Crippen molar-refractivity contribution in [3.05, 3.63) is 30.0 Å². The Morgan fingerprint density at radius 3 is 3.07 bits per heavy atom. The average molecular weight is 221 g/mol. The highest BCUT2D eigenvalue weighted by Crippen LogP contribution is 2.23. The number of carbonyl (C=O) groups is 1. The monoisotopic (exact) mass is 221 g/mol. The third kappa shape index (κ3) is 2.15. The Balaban J connectivity index is 2.18. The first kappa shape index (κ1) is 10.1. The third-order valence-corrected chi connectivity index (χ3v) is 3.11. The van der Waals surface area contributed by atoms with E-state index in [2.05, 4.69) is 9.11 Å². The molecule has 4 heteroatoms. The van der Waals surface area contributed by atoms with E-state index in [0.717, 1.165) is 15.8 Å². The zero-order valence-corrected chi connectivity index (χ0v) is 9.21. The summed E-state index contributed by atoms with van der Waals surface area (Å²) in [5.74, 6) is -0.188. The summed E-state index contributed by atoms with van der Waals surface area (Å²) in [6.45, 7) is 0.